The molecule has 0 aliphatic carbocycles. The Hall–Kier alpha value is -0.850. The van der Waals surface area contributed by atoms with E-state index in [2.05, 4.69) is 20.7 Å². The lowest BCUT2D eigenvalue weighted by molar-refractivity contribution is 0.603. The predicted octanol–water partition coefficient (Wildman–Crippen LogP) is 4.18. The van der Waals surface area contributed by atoms with Gasteiger partial charge in [-0.2, -0.15) is 0 Å². The number of aryl methyl sites for hydroxylation is 2. The summed E-state index contributed by atoms with van der Waals surface area (Å²) in [7, 11) is -3.51. The molecule has 1 heterocycles. The number of hydrogen-bond acceptors (Lipinski definition) is 3. The van der Waals surface area contributed by atoms with E-state index in [4.69, 9.17) is 0 Å². The maximum Gasteiger partial charge on any atom is 0.271 e. The Morgan fingerprint density at radius 1 is 1.32 bits per heavy atom. The van der Waals surface area contributed by atoms with Crippen molar-refractivity contribution in [1.82, 2.24) is 0 Å². The molecule has 0 atom stereocenters. The molecular formula is C13H14BrNO2S2. The van der Waals surface area contributed by atoms with Crippen LogP contribution in [0.3, 0.4) is 0 Å². The van der Waals surface area contributed by atoms with Crippen LogP contribution >= 0.6 is 27.3 Å². The normalized spacial score (nSPS) is 11.5. The number of rotatable bonds is 4. The molecule has 2 aromatic rings. The van der Waals surface area contributed by atoms with Gasteiger partial charge in [-0.1, -0.05) is 25.1 Å². The molecule has 0 radical (unpaired) electrons. The van der Waals surface area contributed by atoms with Crippen LogP contribution in [0.15, 0.2) is 38.3 Å². The molecule has 2 rings (SSSR count). The molecule has 0 fully saturated rings. The number of hydrogen-bond donors (Lipinski definition) is 1. The van der Waals surface area contributed by atoms with Crippen molar-refractivity contribution in [3.8, 4) is 0 Å². The first-order chi connectivity index (χ1) is 8.94. The molecule has 0 amide bonds. The van der Waals surface area contributed by atoms with Gasteiger partial charge in [-0.05, 0) is 52.5 Å². The van der Waals surface area contributed by atoms with Crippen LogP contribution < -0.4 is 4.72 Å². The Morgan fingerprint density at radius 3 is 2.58 bits per heavy atom. The maximum absolute atomic E-state index is 12.3. The Bertz CT molecular complexity index is 673. The van der Waals surface area contributed by atoms with Gasteiger partial charge in [0.1, 0.15) is 4.21 Å². The van der Waals surface area contributed by atoms with E-state index >= 15 is 0 Å². The van der Waals surface area contributed by atoms with Crippen LogP contribution in [0, 0.1) is 6.92 Å². The standard InChI is InChI=1S/C13H14BrNO2S2/c1-3-10-6-4-5-7-11(10)15-19(16,17)12-8-9(2)13(14)18-12/h4-8,15H,3H2,1-2H3. The average Bonchev–Trinajstić information content (AvgIpc) is 2.71. The zero-order valence-corrected chi connectivity index (χ0v) is 13.8. The van der Waals surface area contributed by atoms with E-state index in [-0.39, 0.29) is 0 Å². The van der Waals surface area contributed by atoms with E-state index in [1.165, 1.54) is 11.3 Å². The van der Waals surface area contributed by atoms with Crippen molar-refractivity contribution in [2.75, 3.05) is 4.72 Å². The molecule has 19 heavy (non-hydrogen) atoms. The van der Waals surface area contributed by atoms with Crippen LogP contribution in [0.1, 0.15) is 18.1 Å². The van der Waals surface area contributed by atoms with Crippen molar-refractivity contribution in [1.29, 1.82) is 0 Å². The van der Waals surface area contributed by atoms with E-state index in [0.29, 0.717) is 9.90 Å². The lowest BCUT2D eigenvalue weighted by atomic mass is 10.1. The Morgan fingerprint density at radius 2 is 2.00 bits per heavy atom. The molecule has 0 saturated heterocycles. The van der Waals surface area contributed by atoms with Crippen molar-refractivity contribution < 1.29 is 8.42 Å². The molecule has 6 heteroatoms. The largest absolute Gasteiger partial charge is 0.279 e. The van der Waals surface area contributed by atoms with Gasteiger partial charge in [0, 0.05) is 0 Å². The molecule has 3 nitrogen and oxygen atoms in total. The summed E-state index contributed by atoms with van der Waals surface area (Å²) in [6, 6.07) is 9.11. The van der Waals surface area contributed by atoms with Gasteiger partial charge >= 0.3 is 0 Å². The molecule has 102 valence electrons. The summed E-state index contributed by atoms with van der Waals surface area (Å²) in [5.74, 6) is 0. The third-order valence-corrected chi connectivity index (χ3v) is 6.72. The second kappa shape index (κ2) is 5.64. The minimum absolute atomic E-state index is 0.322. The van der Waals surface area contributed by atoms with Crippen LogP contribution in [-0.2, 0) is 16.4 Å². The SMILES string of the molecule is CCc1ccccc1NS(=O)(=O)c1cc(C)c(Br)s1. The number of thiophene rings is 1. The number of sulfonamides is 1. The third-order valence-electron chi connectivity index (χ3n) is 2.74. The Kier molecular flexibility index (Phi) is 4.32. The first kappa shape index (κ1) is 14.6. The summed E-state index contributed by atoms with van der Waals surface area (Å²) >= 11 is 4.57. The van der Waals surface area contributed by atoms with Crippen molar-refractivity contribution in [3.63, 3.8) is 0 Å². The number of halogens is 1. The molecule has 0 saturated carbocycles. The Balaban J connectivity index is 2.36. The highest BCUT2D eigenvalue weighted by molar-refractivity contribution is 9.11. The van der Waals surface area contributed by atoms with Gasteiger partial charge in [0.2, 0.25) is 0 Å². The summed E-state index contributed by atoms with van der Waals surface area (Å²) in [5, 5.41) is 0. The highest BCUT2D eigenvalue weighted by atomic mass is 79.9. The number of benzene rings is 1. The predicted molar refractivity (Wildman–Crippen MR) is 83.4 cm³/mol. The topological polar surface area (TPSA) is 46.2 Å². The summed E-state index contributed by atoms with van der Waals surface area (Å²) in [6.45, 7) is 3.87. The van der Waals surface area contributed by atoms with E-state index in [1.807, 2.05) is 32.0 Å². The molecule has 0 unspecified atom stereocenters. The van der Waals surface area contributed by atoms with Crippen LogP contribution in [-0.4, -0.2) is 8.42 Å². The van der Waals surface area contributed by atoms with Gasteiger partial charge in [-0.25, -0.2) is 8.42 Å². The second-order valence-corrected chi connectivity index (χ2v) is 8.42. The summed E-state index contributed by atoms with van der Waals surface area (Å²) in [4.78, 5) is 0. The minimum Gasteiger partial charge on any atom is -0.279 e. The van der Waals surface area contributed by atoms with Gasteiger partial charge in [-0.3, -0.25) is 4.72 Å². The molecule has 0 spiro atoms. The summed E-state index contributed by atoms with van der Waals surface area (Å²) < 4.78 is 28.5. The molecule has 1 N–H and O–H groups in total. The molecular weight excluding hydrogens is 346 g/mol. The monoisotopic (exact) mass is 359 g/mol. The van der Waals surface area contributed by atoms with E-state index in [0.717, 1.165) is 21.3 Å². The number of para-hydroxylation sites is 1. The molecule has 0 bridgehead atoms. The first-order valence-corrected chi connectivity index (χ1v) is 8.90. The highest BCUT2D eigenvalue weighted by Crippen LogP contribution is 2.32. The average molecular weight is 360 g/mol. The first-order valence-electron chi connectivity index (χ1n) is 5.80. The summed E-state index contributed by atoms with van der Waals surface area (Å²) in [6.07, 6.45) is 0.784. The van der Waals surface area contributed by atoms with Gasteiger partial charge in [0.05, 0.1) is 9.47 Å². The van der Waals surface area contributed by atoms with E-state index in [9.17, 15) is 8.42 Å². The fraction of sp³-hybridized carbons (Fsp3) is 0.231. The van der Waals surface area contributed by atoms with Gasteiger partial charge in [0.25, 0.3) is 10.0 Å². The van der Waals surface area contributed by atoms with Crippen molar-refractivity contribution >= 4 is 43.0 Å². The molecule has 0 aliphatic rings. The van der Waals surface area contributed by atoms with E-state index < -0.39 is 10.0 Å². The molecule has 0 aliphatic heterocycles. The van der Waals surface area contributed by atoms with Crippen molar-refractivity contribution in [2.24, 2.45) is 0 Å². The zero-order chi connectivity index (χ0) is 14.0. The fourth-order valence-electron chi connectivity index (χ4n) is 1.69. The van der Waals surface area contributed by atoms with Crippen molar-refractivity contribution in [3.05, 3.63) is 45.2 Å². The van der Waals surface area contributed by atoms with Crippen LogP contribution in [0.2, 0.25) is 0 Å². The molecule has 1 aromatic heterocycles. The quantitative estimate of drug-likeness (QED) is 0.889. The van der Waals surface area contributed by atoms with Gasteiger partial charge in [-0.15, -0.1) is 11.3 Å². The van der Waals surface area contributed by atoms with Crippen LogP contribution in [0.25, 0.3) is 0 Å². The lowest BCUT2D eigenvalue weighted by Gasteiger charge is -2.10. The molecule has 1 aromatic carbocycles. The number of anilines is 1. The van der Waals surface area contributed by atoms with Crippen LogP contribution in [0.4, 0.5) is 5.69 Å². The second-order valence-electron chi connectivity index (χ2n) is 4.14. The highest BCUT2D eigenvalue weighted by Gasteiger charge is 2.19. The summed E-state index contributed by atoms with van der Waals surface area (Å²) in [5.41, 5.74) is 2.56. The third kappa shape index (κ3) is 3.19. The number of nitrogens with one attached hydrogen (secondary N) is 1. The smallest absolute Gasteiger partial charge is 0.271 e. The van der Waals surface area contributed by atoms with Gasteiger partial charge in [0.15, 0.2) is 0 Å². The zero-order valence-electron chi connectivity index (χ0n) is 10.6. The lowest BCUT2D eigenvalue weighted by Crippen LogP contribution is -2.12. The maximum atomic E-state index is 12.3. The minimum atomic E-state index is -3.51. The Labute approximate surface area is 125 Å². The van der Waals surface area contributed by atoms with Crippen LogP contribution in [0.5, 0.6) is 0 Å². The fourth-order valence-corrected chi connectivity index (χ4v) is 5.01. The van der Waals surface area contributed by atoms with Crippen molar-refractivity contribution in [2.45, 2.75) is 24.5 Å². The van der Waals surface area contributed by atoms with Gasteiger partial charge < -0.3 is 0 Å². The van der Waals surface area contributed by atoms with E-state index in [1.54, 1.807) is 12.1 Å².